The highest BCUT2D eigenvalue weighted by molar-refractivity contribution is 5.78. The molecule has 1 fully saturated rings. The Bertz CT molecular complexity index is 238. The molecule has 1 rings (SSSR count). The fraction of sp³-hybridized carbons (Fsp3) is 0.929. The Hall–Kier alpha value is -0.610. The van der Waals surface area contributed by atoms with Crippen LogP contribution in [0.3, 0.4) is 0 Å². The van der Waals surface area contributed by atoms with Crippen molar-refractivity contribution in [1.29, 1.82) is 0 Å². The van der Waals surface area contributed by atoms with Gasteiger partial charge in [-0.2, -0.15) is 0 Å². The van der Waals surface area contributed by atoms with Crippen LogP contribution in [-0.2, 0) is 4.79 Å². The number of aliphatic hydroxyl groups excluding tert-OH is 1. The van der Waals surface area contributed by atoms with Gasteiger partial charge >= 0.3 is 0 Å². The molecule has 1 saturated carbocycles. The Balaban J connectivity index is 2.30. The van der Waals surface area contributed by atoms with Crippen LogP contribution in [0.25, 0.3) is 0 Å². The molecule has 0 radical (unpaired) electrons. The first-order valence-electron chi connectivity index (χ1n) is 7.31. The Morgan fingerprint density at radius 2 is 1.83 bits per heavy atom. The number of carbonyl (C=O) groups is 1. The summed E-state index contributed by atoms with van der Waals surface area (Å²) >= 11 is 0. The quantitative estimate of drug-likeness (QED) is 0.648. The molecule has 0 saturated heterocycles. The van der Waals surface area contributed by atoms with Gasteiger partial charge in [-0.15, -0.1) is 0 Å². The van der Waals surface area contributed by atoms with E-state index in [9.17, 15) is 9.90 Å². The van der Waals surface area contributed by atoms with Crippen LogP contribution >= 0.6 is 0 Å². The molecule has 0 aliphatic heterocycles. The number of amides is 1. The Morgan fingerprint density at radius 3 is 2.33 bits per heavy atom. The third-order valence-corrected chi connectivity index (χ3v) is 4.25. The zero-order valence-electron chi connectivity index (χ0n) is 11.8. The third-order valence-electron chi connectivity index (χ3n) is 4.25. The molecule has 1 aliphatic carbocycles. The van der Waals surface area contributed by atoms with Crippen molar-refractivity contribution in [2.24, 2.45) is 0 Å². The standard InChI is InChI=1S/C14H28N2O2/c1-3-14(4-2,11-17)15-10-13(18)16-12-8-6-5-7-9-12/h12,15,17H,3-11H2,1-2H3,(H,16,18). The minimum atomic E-state index is -0.302. The molecule has 0 aromatic carbocycles. The summed E-state index contributed by atoms with van der Waals surface area (Å²) in [6, 6.07) is 0.361. The largest absolute Gasteiger partial charge is 0.394 e. The molecule has 0 heterocycles. The summed E-state index contributed by atoms with van der Waals surface area (Å²) in [6.45, 7) is 4.45. The van der Waals surface area contributed by atoms with E-state index in [4.69, 9.17) is 0 Å². The zero-order chi connectivity index (χ0) is 13.4. The summed E-state index contributed by atoms with van der Waals surface area (Å²) in [5, 5.41) is 15.7. The summed E-state index contributed by atoms with van der Waals surface area (Å²) in [5.74, 6) is 0.0571. The lowest BCUT2D eigenvalue weighted by Gasteiger charge is -2.31. The maximum Gasteiger partial charge on any atom is 0.234 e. The van der Waals surface area contributed by atoms with E-state index in [0.29, 0.717) is 12.6 Å². The van der Waals surface area contributed by atoms with Crippen molar-refractivity contribution in [2.75, 3.05) is 13.2 Å². The summed E-state index contributed by atoms with van der Waals surface area (Å²) in [7, 11) is 0. The average molecular weight is 256 g/mol. The van der Waals surface area contributed by atoms with E-state index >= 15 is 0 Å². The number of aliphatic hydroxyl groups is 1. The molecule has 0 aromatic rings. The lowest BCUT2D eigenvalue weighted by atomic mass is 9.93. The molecule has 106 valence electrons. The minimum absolute atomic E-state index is 0.0571. The highest BCUT2D eigenvalue weighted by Gasteiger charge is 2.25. The van der Waals surface area contributed by atoms with E-state index in [1.807, 2.05) is 13.8 Å². The van der Waals surface area contributed by atoms with Crippen molar-refractivity contribution >= 4 is 5.91 Å². The van der Waals surface area contributed by atoms with Gasteiger partial charge in [0, 0.05) is 11.6 Å². The van der Waals surface area contributed by atoms with Crippen LogP contribution < -0.4 is 10.6 Å². The van der Waals surface area contributed by atoms with E-state index in [1.54, 1.807) is 0 Å². The third kappa shape index (κ3) is 4.58. The lowest BCUT2D eigenvalue weighted by Crippen LogP contribution is -2.52. The molecule has 4 heteroatoms. The second-order valence-corrected chi connectivity index (χ2v) is 5.40. The number of rotatable bonds is 7. The summed E-state index contributed by atoms with van der Waals surface area (Å²) in [6.07, 6.45) is 7.62. The highest BCUT2D eigenvalue weighted by Crippen LogP contribution is 2.17. The van der Waals surface area contributed by atoms with Crippen LogP contribution in [0.2, 0.25) is 0 Å². The first-order valence-corrected chi connectivity index (χ1v) is 7.31. The fourth-order valence-corrected chi connectivity index (χ4v) is 2.57. The molecule has 1 amide bonds. The van der Waals surface area contributed by atoms with E-state index in [0.717, 1.165) is 25.7 Å². The van der Waals surface area contributed by atoms with Crippen LogP contribution in [0.5, 0.6) is 0 Å². The molecule has 18 heavy (non-hydrogen) atoms. The number of nitrogens with one attached hydrogen (secondary N) is 2. The fourth-order valence-electron chi connectivity index (χ4n) is 2.57. The summed E-state index contributed by atoms with van der Waals surface area (Å²) < 4.78 is 0. The van der Waals surface area contributed by atoms with Crippen LogP contribution in [0, 0.1) is 0 Å². The SMILES string of the molecule is CCC(CC)(CO)NCC(=O)NC1CCCCC1. The number of hydrogen-bond acceptors (Lipinski definition) is 3. The molecule has 0 atom stereocenters. The summed E-state index contributed by atoms with van der Waals surface area (Å²) in [5.41, 5.74) is -0.302. The molecule has 0 spiro atoms. The number of hydrogen-bond donors (Lipinski definition) is 3. The minimum Gasteiger partial charge on any atom is -0.394 e. The van der Waals surface area contributed by atoms with Gasteiger partial charge in [0.2, 0.25) is 5.91 Å². The van der Waals surface area contributed by atoms with Gasteiger partial charge in [0.25, 0.3) is 0 Å². The molecular formula is C14H28N2O2. The van der Waals surface area contributed by atoms with Crippen molar-refractivity contribution in [2.45, 2.75) is 70.4 Å². The van der Waals surface area contributed by atoms with Gasteiger partial charge in [-0.25, -0.2) is 0 Å². The normalized spacial score (nSPS) is 17.7. The van der Waals surface area contributed by atoms with Crippen molar-refractivity contribution in [3.8, 4) is 0 Å². The Morgan fingerprint density at radius 1 is 1.22 bits per heavy atom. The van der Waals surface area contributed by atoms with Gasteiger partial charge in [-0.3, -0.25) is 4.79 Å². The van der Waals surface area contributed by atoms with Gasteiger partial charge in [0.15, 0.2) is 0 Å². The van der Waals surface area contributed by atoms with E-state index in [1.165, 1.54) is 19.3 Å². The van der Waals surface area contributed by atoms with E-state index in [-0.39, 0.29) is 18.1 Å². The lowest BCUT2D eigenvalue weighted by molar-refractivity contribution is -0.121. The highest BCUT2D eigenvalue weighted by atomic mass is 16.3. The smallest absolute Gasteiger partial charge is 0.234 e. The van der Waals surface area contributed by atoms with Crippen molar-refractivity contribution in [3.63, 3.8) is 0 Å². The van der Waals surface area contributed by atoms with Crippen LogP contribution in [0.15, 0.2) is 0 Å². The van der Waals surface area contributed by atoms with Gasteiger partial charge in [0.05, 0.1) is 13.2 Å². The molecular weight excluding hydrogens is 228 g/mol. The zero-order valence-corrected chi connectivity index (χ0v) is 11.8. The Kier molecular flexibility index (Phi) is 6.65. The van der Waals surface area contributed by atoms with E-state index in [2.05, 4.69) is 10.6 Å². The van der Waals surface area contributed by atoms with Gasteiger partial charge in [0.1, 0.15) is 0 Å². The second-order valence-electron chi connectivity index (χ2n) is 5.40. The molecule has 4 nitrogen and oxygen atoms in total. The van der Waals surface area contributed by atoms with Crippen LogP contribution in [0.4, 0.5) is 0 Å². The van der Waals surface area contributed by atoms with E-state index < -0.39 is 0 Å². The van der Waals surface area contributed by atoms with Crippen molar-refractivity contribution in [1.82, 2.24) is 10.6 Å². The van der Waals surface area contributed by atoms with Crippen LogP contribution in [-0.4, -0.2) is 35.7 Å². The van der Waals surface area contributed by atoms with Gasteiger partial charge in [-0.05, 0) is 25.7 Å². The maximum atomic E-state index is 11.9. The molecule has 3 N–H and O–H groups in total. The van der Waals surface area contributed by atoms with Gasteiger partial charge < -0.3 is 15.7 Å². The monoisotopic (exact) mass is 256 g/mol. The Labute approximate surface area is 111 Å². The first kappa shape index (κ1) is 15.4. The van der Waals surface area contributed by atoms with Gasteiger partial charge in [-0.1, -0.05) is 33.1 Å². The maximum absolute atomic E-state index is 11.9. The predicted molar refractivity (Wildman–Crippen MR) is 73.4 cm³/mol. The summed E-state index contributed by atoms with van der Waals surface area (Å²) in [4.78, 5) is 11.9. The molecule has 0 bridgehead atoms. The number of carbonyl (C=O) groups excluding carboxylic acids is 1. The van der Waals surface area contributed by atoms with Crippen LogP contribution in [0.1, 0.15) is 58.8 Å². The average Bonchev–Trinajstić information content (AvgIpc) is 2.42. The second kappa shape index (κ2) is 7.74. The topological polar surface area (TPSA) is 61.4 Å². The van der Waals surface area contributed by atoms with Crippen molar-refractivity contribution < 1.29 is 9.90 Å². The molecule has 0 aromatic heterocycles. The predicted octanol–water partition coefficient (Wildman–Crippen LogP) is 1.58. The van der Waals surface area contributed by atoms with Crippen molar-refractivity contribution in [3.05, 3.63) is 0 Å². The molecule has 0 unspecified atom stereocenters. The molecule has 1 aliphatic rings. The first-order chi connectivity index (χ1) is 8.65.